The van der Waals surface area contributed by atoms with Crippen LogP contribution < -0.4 is 4.72 Å². The van der Waals surface area contributed by atoms with E-state index >= 15 is 0 Å². The van der Waals surface area contributed by atoms with Gasteiger partial charge in [-0.3, -0.25) is 0 Å². The first-order valence-electron chi connectivity index (χ1n) is 8.05. The van der Waals surface area contributed by atoms with Crippen LogP contribution in [0.1, 0.15) is 17.7 Å². The van der Waals surface area contributed by atoms with Crippen molar-refractivity contribution in [3.8, 4) is 11.5 Å². The molecular weight excluding hydrogens is 338 g/mol. The second-order valence-corrected chi connectivity index (χ2v) is 7.65. The second kappa shape index (κ2) is 7.20. The lowest BCUT2D eigenvalue weighted by molar-refractivity contribution is 0.570. The van der Waals surface area contributed by atoms with E-state index < -0.39 is 10.0 Å². The molecule has 0 unspecified atom stereocenters. The highest BCUT2D eigenvalue weighted by Crippen LogP contribution is 2.18. The number of H-pyrrole nitrogens is 1. The smallest absolute Gasteiger partial charge is 0.240 e. The first-order chi connectivity index (χ1) is 12.0. The Hall–Kier alpha value is -2.45. The van der Waals surface area contributed by atoms with E-state index in [1.165, 1.54) is 0 Å². The monoisotopic (exact) mass is 359 g/mol. The highest BCUT2D eigenvalue weighted by molar-refractivity contribution is 7.89. The number of rotatable bonds is 7. The van der Waals surface area contributed by atoms with Crippen molar-refractivity contribution in [1.29, 1.82) is 0 Å². The van der Waals surface area contributed by atoms with Crippen LogP contribution in [0.4, 0.5) is 0 Å². The Balaban J connectivity index is 1.58. The van der Waals surface area contributed by atoms with E-state index in [1.54, 1.807) is 36.8 Å². The molecule has 2 aromatic heterocycles. The van der Waals surface area contributed by atoms with Crippen molar-refractivity contribution in [1.82, 2.24) is 24.2 Å². The van der Waals surface area contributed by atoms with E-state index in [9.17, 15) is 8.42 Å². The number of aryl methyl sites for hydroxylation is 3. The summed E-state index contributed by atoms with van der Waals surface area (Å²) >= 11 is 0. The van der Waals surface area contributed by atoms with E-state index in [0.717, 1.165) is 22.8 Å². The third-order valence-electron chi connectivity index (χ3n) is 3.96. The lowest BCUT2D eigenvalue weighted by Gasteiger charge is -2.09. The van der Waals surface area contributed by atoms with E-state index in [1.807, 2.05) is 24.6 Å². The van der Waals surface area contributed by atoms with Gasteiger partial charge in [-0.05, 0) is 32.4 Å². The van der Waals surface area contributed by atoms with Crippen LogP contribution >= 0.6 is 0 Å². The maximum absolute atomic E-state index is 12.3. The van der Waals surface area contributed by atoms with Gasteiger partial charge in [0.2, 0.25) is 10.0 Å². The van der Waals surface area contributed by atoms with Crippen molar-refractivity contribution in [2.45, 2.75) is 31.7 Å². The quantitative estimate of drug-likeness (QED) is 0.633. The fourth-order valence-electron chi connectivity index (χ4n) is 2.55. The molecule has 0 aliphatic heterocycles. The Morgan fingerprint density at radius 2 is 1.92 bits per heavy atom. The van der Waals surface area contributed by atoms with Crippen LogP contribution in [0, 0.1) is 13.8 Å². The topological polar surface area (TPSA) is 92.7 Å². The van der Waals surface area contributed by atoms with Crippen molar-refractivity contribution in [3.05, 3.63) is 54.2 Å². The summed E-state index contributed by atoms with van der Waals surface area (Å²) in [5, 5.41) is 0. The van der Waals surface area contributed by atoms with Crippen molar-refractivity contribution in [2.75, 3.05) is 6.54 Å². The van der Waals surface area contributed by atoms with Crippen LogP contribution in [0.25, 0.3) is 11.5 Å². The van der Waals surface area contributed by atoms with Gasteiger partial charge < -0.3 is 9.55 Å². The molecule has 0 aliphatic carbocycles. The average molecular weight is 359 g/mol. The Kier molecular flexibility index (Phi) is 5.00. The molecule has 0 saturated carbocycles. The zero-order chi connectivity index (χ0) is 17.9. The zero-order valence-electron chi connectivity index (χ0n) is 14.2. The Morgan fingerprint density at radius 1 is 1.16 bits per heavy atom. The lowest BCUT2D eigenvalue weighted by atomic mass is 10.2. The zero-order valence-corrected chi connectivity index (χ0v) is 15.0. The number of hydrogen-bond acceptors (Lipinski definition) is 4. The van der Waals surface area contributed by atoms with Gasteiger partial charge in [0.25, 0.3) is 0 Å². The summed E-state index contributed by atoms with van der Waals surface area (Å²) in [4.78, 5) is 12.0. The summed E-state index contributed by atoms with van der Waals surface area (Å²) in [6, 6.07) is 6.81. The van der Waals surface area contributed by atoms with Gasteiger partial charge in [-0.2, -0.15) is 0 Å². The fourth-order valence-corrected chi connectivity index (χ4v) is 3.62. The highest BCUT2D eigenvalue weighted by atomic mass is 32.2. The number of benzene rings is 1. The molecule has 0 bridgehead atoms. The van der Waals surface area contributed by atoms with E-state index in [0.29, 0.717) is 19.5 Å². The molecule has 0 spiro atoms. The van der Waals surface area contributed by atoms with Gasteiger partial charge in [-0.25, -0.2) is 23.1 Å². The summed E-state index contributed by atoms with van der Waals surface area (Å²) in [6.07, 6.45) is 5.88. The minimum Gasteiger partial charge on any atom is -0.348 e. The highest BCUT2D eigenvalue weighted by Gasteiger charge is 2.14. The predicted molar refractivity (Wildman–Crippen MR) is 95.5 cm³/mol. The van der Waals surface area contributed by atoms with Crippen LogP contribution in [-0.2, 0) is 16.6 Å². The average Bonchev–Trinajstić information content (AvgIpc) is 3.20. The molecule has 0 aliphatic rings. The SMILES string of the molecule is Cc1ccc(S(=O)(=O)NCCCn2ccnc2-c2nc[nH]c2C)cc1. The molecule has 0 atom stereocenters. The lowest BCUT2D eigenvalue weighted by Crippen LogP contribution is -2.25. The molecule has 2 N–H and O–H groups in total. The molecule has 3 rings (SSSR count). The molecule has 0 fully saturated rings. The number of hydrogen-bond donors (Lipinski definition) is 2. The van der Waals surface area contributed by atoms with Crippen LogP contribution in [0.3, 0.4) is 0 Å². The van der Waals surface area contributed by atoms with Crippen molar-refractivity contribution < 1.29 is 8.42 Å². The molecule has 0 amide bonds. The number of nitrogens with one attached hydrogen (secondary N) is 2. The predicted octanol–water partition coefficient (Wildman–Crippen LogP) is 2.26. The van der Waals surface area contributed by atoms with Crippen molar-refractivity contribution in [3.63, 3.8) is 0 Å². The van der Waals surface area contributed by atoms with E-state index in [-0.39, 0.29) is 4.90 Å². The molecule has 2 heterocycles. The largest absolute Gasteiger partial charge is 0.348 e. The molecule has 0 saturated heterocycles. The van der Waals surface area contributed by atoms with Crippen LogP contribution in [0.15, 0.2) is 47.9 Å². The number of aromatic amines is 1. The fraction of sp³-hybridized carbons (Fsp3) is 0.294. The second-order valence-electron chi connectivity index (χ2n) is 5.88. The van der Waals surface area contributed by atoms with Gasteiger partial charge in [-0.15, -0.1) is 0 Å². The molecule has 132 valence electrons. The van der Waals surface area contributed by atoms with E-state index in [4.69, 9.17) is 0 Å². The summed E-state index contributed by atoms with van der Waals surface area (Å²) in [5.41, 5.74) is 2.79. The molecule has 8 heteroatoms. The van der Waals surface area contributed by atoms with Crippen molar-refractivity contribution >= 4 is 10.0 Å². The molecule has 1 aromatic carbocycles. The summed E-state index contributed by atoms with van der Waals surface area (Å²) in [6.45, 7) is 4.87. The van der Waals surface area contributed by atoms with Crippen LogP contribution in [-0.4, -0.2) is 34.5 Å². The maximum atomic E-state index is 12.3. The first kappa shape index (κ1) is 17.4. The third-order valence-corrected chi connectivity index (χ3v) is 5.43. The Labute approximate surface area is 147 Å². The molecule has 3 aromatic rings. The van der Waals surface area contributed by atoms with Gasteiger partial charge in [-0.1, -0.05) is 17.7 Å². The summed E-state index contributed by atoms with van der Waals surface area (Å²) in [5.74, 6) is 0.778. The number of imidazole rings is 2. The standard InChI is InChI=1S/C17H21N5O2S/c1-13-4-6-15(7-5-13)25(23,24)21-8-3-10-22-11-9-18-17(22)16-14(2)19-12-20-16/h4-7,9,11-12,21H,3,8,10H2,1-2H3,(H,19,20). The van der Waals surface area contributed by atoms with Crippen LogP contribution in [0.2, 0.25) is 0 Å². The maximum Gasteiger partial charge on any atom is 0.240 e. The Morgan fingerprint density at radius 3 is 2.60 bits per heavy atom. The summed E-state index contributed by atoms with van der Waals surface area (Å²) < 4.78 is 29.1. The number of nitrogens with zero attached hydrogens (tertiary/aromatic N) is 3. The van der Waals surface area contributed by atoms with Crippen molar-refractivity contribution in [2.24, 2.45) is 0 Å². The molecule has 25 heavy (non-hydrogen) atoms. The minimum absolute atomic E-state index is 0.286. The normalized spacial score (nSPS) is 11.8. The number of aromatic nitrogens is 4. The van der Waals surface area contributed by atoms with Gasteiger partial charge in [0.15, 0.2) is 5.82 Å². The Bertz CT molecular complexity index is 942. The molecular formula is C17H21N5O2S. The number of sulfonamides is 1. The van der Waals surface area contributed by atoms with Gasteiger partial charge in [0.1, 0.15) is 5.69 Å². The third kappa shape index (κ3) is 3.97. The van der Waals surface area contributed by atoms with E-state index in [2.05, 4.69) is 19.7 Å². The van der Waals surface area contributed by atoms with Gasteiger partial charge in [0, 0.05) is 31.2 Å². The summed E-state index contributed by atoms with van der Waals surface area (Å²) in [7, 11) is -3.47. The van der Waals surface area contributed by atoms with Crippen LogP contribution in [0.5, 0.6) is 0 Å². The molecule has 0 radical (unpaired) electrons. The van der Waals surface area contributed by atoms with Gasteiger partial charge in [0.05, 0.1) is 11.2 Å². The first-order valence-corrected chi connectivity index (χ1v) is 9.53. The molecule has 7 nitrogen and oxygen atoms in total. The van der Waals surface area contributed by atoms with Gasteiger partial charge >= 0.3 is 0 Å². The minimum atomic E-state index is -3.47.